The molecule has 0 saturated heterocycles. The molecular weight excluding hydrogens is 292 g/mol. The van der Waals surface area contributed by atoms with Crippen LogP contribution in [0.4, 0.5) is 0 Å². The molecule has 1 aliphatic carbocycles. The summed E-state index contributed by atoms with van der Waals surface area (Å²) in [6.07, 6.45) is 0. The van der Waals surface area contributed by atoms with Crippen LogP contribution in [0, 0.1) is 13.8 Å². The van der Waals surface area contributed by atoms with E-state index in [0.29, 0.717) is 0 Å². The number of aryl methyl sites for hydroxylation is 2. The van der Waals surface area contributed by atoms with Crippen molar-refractivity contribution in [1.82, 2.24) is 0 Å². The molecule has 0 saturated carbocycles. The standard InChI is InChI=1S/C23H18O/c1-15-13-16(2)20-19(14-15)21(17-9-5-3-6-10-17)22(23(20)24)18-11-7-4-8-12-18/h3-14H,1-2H3. The molecule has 0 aliphatic heterocycles. The van der Waals surface area contributed by atoms with Gasteiger partial charge in [-0.15, -0.1) is 0 Å². The zero-order valence-electron chi connectivity index (χ0n) is 13.8. The maximum absolute atomic E-state index is 13.3. The lowest BCUT2D eigenvalue weighted by Crippen LogP contribution is -2.01. The summed E-state index contributed by atoms with van der Waals surface area (Å²) in [6.45, 7) is 4.11. The van der Waals surface area contributed by atoms with Crippen molar-refractivity contribution in [2.75, 3.05) is 0 Å². The molecule has 1 heteroatoms. The highest BCUT2D eigenvalue weighted by Crippen LogP contribution is 2.43. The number of hydrogen-bond acceptors (Lipinski definition) is 1. The lowest BCUT2D eigenvalue weighted by molar-refractivity contribution is 0.105. The van der Waals surface area contributed by atoms with Gasteiger partial charge >= 0.3 is 0 Å². The number of allylic oxidation sites excluding steroid dienone is 1. The molecule has 0 amide bonds. The molecule has 0 fully saturated rings. The van der Waals surface area contributed by atoms with Gasteiger partial charge in [-0.1, -0.05) is 78.4 Å². The summed E-state index contributed by atoms with van der Waals surface area (Å²) in [4.78, 5) is 13.3. The van der Waals surface area contributed by atoms with E-state index < -0.39 is 0 Å². The first-order valence-electron chi connectivity index (χ1n) is 8.18. The Hall–Kier alpha value is -2.93. The summed E-state index contributed by atoms with van der Waals surface area (Å²) in [7, 11) is 0. The van der Waals surface area contributed by atoms with Crippen molar-refractivity contribution < 1.29 is 4.79 Å². The van der Waals surface area contributed by atoms with E-state index in [1.165, 1.54) is 5.56 Å². The molecule has 3 aromatic rings. The van der Waals surface area contributed by atoms with E-state index >= 15 is 0 Å². The van der Waals surface area contributed by atoms with E-state index in [-0.39, 0.29) is 5.78 Å². The monoisotopic (exact) mass is 310 g/mol. The van der Waals surface area contributed by atoms with Crippen molar-refractivity contribution >= 4 is 16.9 Å². The third kappa shape index (κ3) is 2.21. The van der Waals surface area contributed by atoms with Crippen LogP contribution < -0.4 is 0 Å². The predicted octanol–water partition coefficient (Wildman–Crippen LogP) is 5.46. The molecule has 1 nitrogen and oxygen atoms in total. The van der Waals surface area contributed by atoms with Crippen molar-refractivity contribution in [3.05, 3.63) is 106 Å². The maximum Gasteiger partial charge on any atom is 0.195 e. The highest BCUT2D eigenvalue weighted by molar-refractivity contribution is 6.41. The van der Waals surface area contributed by atoms with Crippen LogP contribution in [-0.2, 0) is 0 Å². The van der Waals surface area contributed by atoms with Gasteiger partial charge < -0.3 is 0 Å². The van der Waals surface area contributed by atoms with Gasteiger partial charge in [0.1, 0.15) is 0 Å². The normalized spacial score (nSPS) is 13.3. The van der Waals surface area contributed by atoms with E-state index in [9.17, 15) is 4.79 Å². The topological polar surface area (TPSA) is 17.1 Å². The number of rotatable bonds is 2. The van der Waals surface area contributed by atoms with Crippen LogP contribution in [-0.4, -0.2) is 5.78 Å². The molecule has 0 N–H and O–H groups in total. The Morgan fingerprint density at radius 3 is 1.79 bits per heavy atom. The summed E-state index contributed by atoms with van der Waals surface area (Å²) in [6, 6.07) is 24.4. The first-order valence-corrected chi connectivity index (χ1v) is 8.18. The van der Waals surface area contributed by atoms with Crippen molar-refractivity contribution in [3.8, 4) is 0 Å². The molecule has 116 valence electrons. The molecule has 24 heavy (non-hydrogen) atoms. The summed E-state index contributed by atoms with van der Waals surface area (Å²) < 4.78 is 0. The predicted molar refractivity (Wildman–Crippen MR) is 99.0 cm³/mol. The van der Waals surface area contributed by atoms with Crippen molar-refractivity contribution in [3.63, 3.8) is 0 Å². The van der Waals surface area contributed by atoms with Gasteiger partial charge in [0.15, 0.2) is 5.78 Å². The van der Waals surface area contributed by atoms with Gasteiger partial charge in [-0.2, -0.15) is 0 Å². The van der Waals surface area contributed by atoms with Gasteiger partial charge in [0.2, 0.25) is 0 Å². The fourth-order valence-electron chi connectivity index (χ4n) is 3.62. The fraction of sp³-hybridized carbons (Fsp3) is 0.0870. The van der Waals surface area contributed by atoms with Crippen molar-refractivity contribution in [2.24, 2.45) is 0 Å². The molecule has 0 unspecified atom stereocenters. The maximum atomic E-state index is 13.3. The highest BCUT2D eigenvalue weighted by atomic mass is 16.1. The van der Waals surface area contributed by atoms with Crippen LogP contribution in [0.5, 0.6) is 0 Å². The number of ketones is 1. The van der Waals surface area contributed by atoms with Crippen LogP contribution >= 0.6 is 0 Å². The molecular formula is C23H18O. The number of carbonyl (C=O) groups excluding carboxylic acids is 1. The van der Waals surface area contributed by atoms with Crippen molar-refractivity contribution in [1.29, 1.82) is 0 Å². The van der Waals surface area contributed by atoms with E-state index in [4.69, 9.17) is 0 Å². The van der Waals surface area contributed by atoms with Crippen LogP contribution in [0.2, 0.25) is 0 Å². The lowest BCUT2D eigenvalue weighted by atomic mass is 9.93. The minimum atomic E-state index is 0.132. The van der Waals surface area contributed by atoms with Gasteiger partial charge in [0, 0.05) is 16.7 Å². The molecule has 0 aromatic heterocycles. The largest absolute Gasteiger partial charge is 0.289 e. The Bertz CT molecular complexity index is 964. The second-order valence-corrected chi connectivity index (χ2v) is 6.32. The summed E-state index contributed by atoms with van der Waals surface area (Å²) in [5, 5.41) is 0. The highest BCUT2D eigenvalue weighted by Gasteiger charge is 2.32. The summed E-state index contributed by atoms with van der Waals surface area (Å²) in [5.74, 6) is 0.132. The Morgan fingerprint density at radius 1 is 0.667 bits per heavy atom. The van der Waals surface area contributed by atoms with Gasteiger partial charge in [0.05, 0.1) is 0 Å². The van der Waals surface area contributed by atoms with Gasteiger partial charge in [0.25, 0.3) is 0 Å². The van der Waals surface area contributed by atoms with Gasteiger partial charge in [-0.05, 0) is 36.1 Å². The molecule has 1 aliphatic rings. The number of fused-ring (bicyclic) bond motifs is 1. The van der Waals surface area contributed by atoms with E-state index in [1.807, 2.05) is 55.5 Å². The quantitative estimate of drug-likeness (QED) is 0.614. The van der Waals surface area contributed by atoms with Crippen LogP contribution in [0.15, 0.2) is 72.8 Å². The molecule has 0 atom stereocenters. The van der Waals surface area contributed by atoms with Gasteiger partial charge in [-0.25, -0.2) is 0 Å². The number of hydrogen-bond donors (Lipinski definition) is 0. The third-order valence-electron chi connectivity index (χ3n) is 4.58. The summed E-state index contributed by atoms with van der Waals surface area (Å²) >= 11 is 0. The second-order valence-electron chi connectivity index (χ2n) is 6.32. The Kier molecular flexibility index (Phi) is 3.42. The Balaban J connectivity index is 2.08. The average molecular weight is 310 g/mol. The smallest absolute Gasteiger partial charge is 0.195 e. The zero-order valence-corrected chi connectivity index (χ0v) is 13.8. The van der Waals surface area contributed by atoms with Crippen LogP contribution in [0.3, 0.4) is 0 Å². The third-order valence-corrected chi connectivity index (χ3v) is 4.58. The minimum absolute atomic E-state index is 0.132. The Labute approximate surface area is 142 Å². The average Bonchev–Trinajstić information content (AvgIpc) is 2.89. The molecule has 0 radical (unpaired) electrons. The summed E-state index contributed by atoms with van der Waals surface area (Å²) in [5.41, 5.74) is 8.07. The van der Waals surface area contributed by atoms with Crippen molar-refractivity contribution in [2.45, 2.75) is 13.8 Å². The first kappa shape index (κ1) is 14.6. The van der Waals surface area contributed by atoms with Crippen LogP contribution in [0.1, 0.15) is 38.2 Å². The lowest BCUT2D eigenvalue weighted by Gasteiger charge is -2.10. The SMILES string of the molecule is Cc1cc(C)c2c(c1)C(c1ccccc1)=C(c1ccccc1)C2=O. The fourth-order valence-corrected chi connectivity index (χ4v) is 3.62. The molecule has 3 aromatic carbocycles. The second kappa shape index (κ2) is 5.61. The van der Waals surface area contributed by atoms with E-state index in [1.54, 1.807) is 0 Å². The molecule has 4 rings (SSSR count). The van der Waals surface area contributed by atoms with E-state index in [0.717, 1.165) is 39.0 Å². The van der Waals surface area contributed by atoms with E-state index in [2.05, 4.69) is 31.2 Å². The van der Waals surface area contributed by atoms with Gasteiger partial charge in [-0.3, -0.25) is 4.79 Å². The Morgan fingerprint density at radius 2 is 1.21 bits per heavy atom. The first-order chi connectivity index (χ1) is 11.7. The number of carbonyl (C=O) groups is 1. The molecule has 0 heterocycles. The molecule has 0 bridgehead atoms. The van der Waals surface area contributed by atoms with Crippen LogP contribution in [0.25, 0.3) is 11.1 Å². The number of Topliss-reactive ketones (excluding diaryl/α,β-unsaturated/α-hetero) is 1. The number of benzene rings is 3. The molecule has 0 spiro atoms. The zero-order chi connectivity index (χ0) is 16.7. The minimum Gasteiger partial charge on any atom is -0.289 e.